The average molecular weight is 335 g/mol. The summed E-state index contributed by atoms with van der Waals surface area (Å²) < 4.78 is 7.55. The molecule has 0 unspecified atom stereocenters. The molecule has 1 fully saturated rings. The van der Waals surface area contributed by atoms with Crippen LogP contribution in [0.15, 0.2) is 36.7 Å². The average Bonchev–Trinajstić information content (AvgIpc) is 3.26. The topological polar surface area (TPSA) is 57.0 Å². The van der Waals surface area contributed by atoms with Gasteiger partial charge in [-0.05, 0) is 37.3 Å². The van der Waals surface area contributed by atoms with Gasteiger partial charge >= 0.3 is 0 Å². The molecule has 5 heteroatoms. The highest BCUT2D eigenvalue weighted by atomic mass is 16.5. The summed E-state index contributed by atoms with van der Waals surface area (Å²) in [5.41, 5.74) is 2.98. The van der Waals surface area contributed by atoms with E-state index < -0.39 is 0 Å². The number of nitrogens with zero attached hydrogens (tertiary/aromatic N) is 3. The monoisotopic (exact) mass is 335 g/mol. The predicted octanol–water partition coefficient (Wildman–Crippen LogP) is 3.23. The maximum atomic E-state index is 12.3. The fraction of sp³-hybridized carbons (Fsp3) is 0.350. The number of carbonyl (C=O) groups excluding carboxylic acids is 1. The zero-order valence-corrected chi connectivity index (χ0v) is 14.5. The van der Waals surface area contributed by atoms with E-state index in [4.69, 9.17) is 4.74 Å². The summed E-state index contributed by atoms with van der Waals surface area (Å²) in [5, 5.41) is 2.15. The highest BCUT2D eigenvalue weighted by Crippen LogP contribution is 2.25. The lowest BCUT2D eigenvalue weighted by molar-refractivity contribution is -0.127. The van der Waals surface area contributed by atoms with E-state index in [2.05, 4.69) is 32.7 Å². The van der Waals surface area contributed by atoms with Crippen molar-refractivity contribution in [1.29, 1.82) is 0 Å². The van der Waals surface area contributed by atoms with Crippen molar-refractivity contribution in [2.45, 2.75) is 32.3 Å². The van der Waals surface area contributed by atoms with Crippen molar-refractivity contribution in [2.24, 2.45) is 7.05 Å². The Kier molecular flexibility index (Phi) is 4.09. The van der Waals surface area contributed by atoms with E-state index in [-0.39, 0.29) is 11.9 Å². The first-order valence-electron chi connectivity index (χ1n) is 8.63. The third-order valence-electron chi connectivity index (χ3n) is 4.94. The first kappa shape index (κ1) is 16.0. The zero-order chi connectivity index (χ0) is 17.4. The van der Waals surface area contributed by atoms with Gasteiger partial charge in [0.2, 0.25) is 0 Å². The molecule has 2 aromatic heterocycles. The molecule has 0 radical (unpaired) electrons. The SMILES string of the molecule is Cc1ncc(-c2ccc3cnc(CC(=O)[C@H]4CCCO4)cc3c2)n1C. The minimum Gasteiger partial charge on any atom is -0.370 e. The number of ether oxygens (including phenoxy) is 1. The molecule has 0 aliphatic carbocycles. The van der Waals surface area contributed by atoms with Crippen molar-refractivity contribution in [1.82, 2.24) is 14.5 Å². The normalized spacial score (nSPS) is 17.3. The van der Waals surface area contributed by atoms with E-state index in [1.807, 2.05) is 32.4 Å². The Labute approximate surface area is 146 Å². The van der Waals surface area contributed by atoms with Gasteiger partial charge in [-0.1, -0.05) is 12.1 Å². The van der Waals surface area contributed by atoms with E-state index in [0.29, 0.717) is 13.0 Å². The van der Waals surface area contributed by atoms with Crippen molar-refractivity contribution in [3.05, 3.63) is 48.2 Å². The summed E-state index contributed by atoms with van der Waals surface area (Å²) in [6, 6.07) is 8.28. The largest absolute Gasteiger partial charge is 0.370 e. The molecular weight excluding hydrogens is 314 g/mol. The molecule has 3 heterocycles. The third kappa shape index (κ3) is 3.07. The molecule has 1 aromatic carbocycles. The van der Waals surface area contributed by atoms with Crippen LogP contribution in [-0.2, 0) is 23.0 Å². The number of ketones is 1. The van der Waals surface area contributed by atoms with Crippen molar-refractivity contribution in [2.75, 3.05) is 6.61 Å². The van der Waals surface area contributed by atoms with Gasteiger partial charge in [0.1, 0.15) is 11.9 Å². The van der Waals surface area contributed by atoms with E-state index in [1.54, 1.807) is 0 Å². The molecule has 25 heavy (non-hydrogen) atoms. The minimum absolute atomic E-state index is 0.128. The van der Waals surface area contributed by atoms with Gasteiger partial charge in [0.25, 0.3) is 0 Å². The van der Waals surface area contributed by atoms with Crippen LogP contribution < -0.4 is 0 Å². The Hall–Kier alpha value is -2.53. The number of hydrogen-bond acceptors (Lipinski definition) is 4. The van der Waals surface area contributed by atoms with E-state index >= 15 is 0 Å². The smallest absolute Gasteiger partial charge is 0.167 e. The third-order valence-corrected chi connectivity index (χ3v) is 4.94. The Morgan fingerprint density at radius 2 is 2.12 bits per heavy atom. The van der Waals surface area contributed by atoms with Crippen LogP contribution in [0.1, 0.15) is 24.4 Å². The molecule has 0 amide bonds. The number of rotatable bonds is 4. The molecule has 0 saturated carbocycles. The maximum absolute atomic E-state index is 12.3. The molecule has 0 spiro atoms. The molecule has 4 rings (SSSR count). The molecule has 1 atom stereocenters. The molecule has 128 valence electrons. The summed E-state index contributed by atoms with van der Waals surface area (Å²) in [4.78, 5) is 21.1. The second-order valence-corrected chi connectivity index (χ2v) is 6.63. The summed E-state index contributed by atoms with van der Waals surface area (Å²) in [6.07, 6.45) is 5.60. The van der Waals surface area contributed by atoms with Gasteiger partial charge in [0.15, 0.2) is 5.78 Å². The Balaban J connectivity index is 1.64. The summed E-state index contributed by atoms with van der Waals surface area (Å²) >= 11 is 0. The number of Topliss-reactive ketones (excluding diaryl/α,β-unsaturated/α-hetero) is 1. The van der Waals surface area contributed by atoms with E-state index in [0.717, 1.165) is 46.4 Å². The highest BCUT2D eigenvalue weighted by Gasteiger charge is 2.23. The van der Waals surface area contributed by atoms with Crippen LogP contribution in [0.4, 0.5) is 0 Å². The standard InChI is InChI=1S/C20H21N3O2/c1-13-21-12-18(23(13)2)14-5-6-15-11-22-17(9-16(15)8-14)10-19(24)20-4-3-7-25-20/h5-6,8-9,11-12,20H,3-4,7,10H2,1-2H3/t20-/m1/s1. The van der Waals surface area contributed by atoms with Crippen LogP contribution in [0.5, 0.6) is 0 Å². The Morgan fingerprint density at radius 3 is 2.84 bits per heavy atom. The molecule has 1 aliphatic heterocycles. The number of aromatic nitrogens is 3. The predicted molar refractivity (Wildman–Crippen MR) is 96.4 cm³/mol. The number of imidazole rings is 1. The first-order valence-corrected chi connectivity index (χ1v) is 8.63. The lowest BCUT2D eigenvalue weighted by Crippen LogP contribution is -2.21. The highest BCUT2D eigenvalue weighted by molar-refractivity contribution is 5.89. The van der Waals surface area contributed by atoms with Gasteiger partial charge in [-0.25, -0.2) is 4.98 Å². The quantitative estimate of drug-likeness (QED) is 0.734. The Bertz CT molecular complexity index is 939. The van der Waals surface area contributed by atoms with Gasteiger partial charge in [0, 0.05) is 36.5 Å². The van der Waals surface area contributed by atoms with Crippen LogP contribution in [-0.4, -0.2) is 33.0 Å². The van der Waals surface area contributed by atoms with Crippen molar-refractivity contribution in [3.8, 4) is 11.3 Å². The minimum atomic E-state index is -0.249. The van der Waals surface area contributed by atoms with Crippen LogP contribution in [0.3, 0.4) is 0 Å². The van der Waals surface area contributed by atoms with Gasteiger partial charge in [0.05, 0.1) is 18.3 Å². The number of benzene rings is 1. The molecular formula is C20H21N3O2. The Morgan fingerprint density at radius 1 is 1.24 bits per heavy atom. The molecule has 0 N–H and O–H groups in total. The molecule has 1 saturated heterocycles. The van der Waals surface area contributed by atoms with Gasteiger partial charge in [-0.2, -0.15) is 0 Å². The van der Waals surface area contributed by atoms with Crippen LogP contribution >= 0.6 is 0 Å². The fourth-order valence-electron chi connectivity index (χ4n) is 3.34. The zero-order valence-electron chi connectivity index (χ0n) is 14.5. The molecule has 0 bridgehead atoms. The number of aryl methyl sites for hydroxylation is 1. The van der Waals surface area contributed by atoms with Crippen molar-refractivity contribution in [3.63, 3.8) is 0 Å². The molecule has 5 nitrogen and oxygen atoms in total. The van der Waals surface area contributed by atoms with E-state index in [1.165, 1.54) is 0 Å². The second kappa shape index (κ2) is 6.41. The summed E-state index contributed by atoms with van der Waals surface area (Å²) in [7, 11) is 2.01. The number of hydrogen-bond donors (Lipinski definition) is 0. The van der Waals surface area contributed by atoms with Crippen molar-refractivity contribution < 1.29 is 9.53 Å². The lowest BCUT2D eigenvalue weighted by Gasteiger charge is -2.09. The first-order chi connectivity index (χ1) is 12.1. The van der Waals surface area contributed by atoms with Gasteiger partial charge in [-0.3, -0.25) is 9.78 Å². The van der Waals surface area contributed by atoms with Crippen LogP contribution in [0.25, 0.3) is 22.0 Å². The van der Waals surface area contributed by atoms with Gasteiger partial charge < -0.3 is 9.30 Å². The molecule has 1 aliphatic rings. The van der Waals surface area contributed by atoms with Gasteiger partial charge in [-0.15, -0.1) is 0 Å². The maximum Gasteiger partial charge on any atom is 0.167 e. The number of pyridine rings is 1. The lowest BCUT2D eigenvalue weighted by atomic mass is 10.0. The van der Waals surface area contributed by atoms with Crippen LogP contribution in [0, 0.1) is 6.92 Å². The summed E-state index contributed by atoms with van der Waals surface area (Å²) in [6.45, 7) is 2.68. The number of fused-ring (bicyclic) bond motifs is 1. The van der Waals surface area contributed by atoms with Crippen molar-refractivity contribution >= 4 is 16.6 Å². The molecule has 3 aromatic rings. The van der Waals surface area contributed by atoms with Crippen LogP contribution in [0.2, 0.25) is 0 Å². The van der Waals surface area contributed by atoms with E-state index in [9.17, 15) is 4.79 Å². The fourth-order valence-corrected chi connectivity index (χ4v) is 3.34. The number of carbonyl (C=O) groups is 1. The second-order valence-electron chi connectivity index (χ2n) is 6.63. The summed E-state index contributed by atoms with van der Waals surface area (Å²) in [5.74, 6) is 1.11.